The number of rotatable bonds is 5. The number of aromatic amines is 2. The van der Waals surface area contributed by atoms with Gasteiger partial charge in [0.1, 0.15) is 6.33 Å². The Morgan fingerprint density at radius 3 is 2.67 bits per heavy atom. The van der Waals surface area contributed by atoms with Gasteiger partial charge in [0.25, 0.3) is 0 Å². The summed E-state index contributed by atoms with van der Waals surface area (Å²) in [6, 6.07) is 0. The van der Waals surface area contributed by atoms with Gasteiger partial charge in [-0.3, -0.25) is 9.89 Å². The Hall–Kier alpha value is -2.09. The van der Waals surface area contributed by atoms with Crippen LogP contribution in [0.2, 0.25) is 0 Å². The Balaban J connectivity index is 2.25. The second-order valence-electron chi connectivity index (χ2n) is 4.53. The number of Topliss-reactive ketones (excluding diaryl/α,β-unsaturated/α-hetero) is 1. The standard InChI is InChI=1S/C13H16N4O3S/c1-6-9(12(19)20-4)7(2)16-10(6)11(18)8(3)21-13-14-5-15-17-13/h5,8,16H,1-4H3,(H,14,15,17)/t8-/m1/s1. The van der Waals surface area contributed by atoms with E-state index in [-0.39, 0.29) is 11.0 Å². The van der Waals surface area contributed by atoms with Crippen LogP contribution in [0.4, 0.5) is 0 Å². The molecule has 2 aromatic heterocycles. The molecule has 21 heavy (non-hydrogen) atoms. The number of carbonyl (C=O) groups is 2. The second kappa shape index (κ2) is 6.13. The first-order valence-corrected chi connectivity index (χ1v) is 7.17. The molecule has 0 saturated carbocycles. The molecule has 0 aliphatic carbocycles. The highest BCUT2D eigenvalue weighted by molar-refractivity contribution is 8.00. The number of hydrogen-bond acceptors (Lipinski definition) is 6. The first-order chi connectivity index (χ1) is 9.95. The SMILES string of the molecule is COC(=O)c1c(C)[nH]c(C(=O)[C@@H](C)Sc2ncn[nH]2)c1C. The van der Waals surface area contributed by atoms with Gasteiger partial charge in [0.15, 0.2) is 10.9 Å². The molecule has 0 radical (unpaired) electrons. The van der Waals surface area contributed by atoms with Crippen molar-refractivity contribution in [2.75, 3.05) is 7.11 Å². The number of carbonyl (C=O) groups excluding carboxylic acids is 2. The van der Waals surface area contributed by atoms with Gasteiger partial charge in [0, 0.05) is 5.69 Å². The molecule has 1 atom stereocenters. The zero-order valence-corrected chi connectivity index (χ0v) is 13.0. The highest BCUT2D eigenvalue weighted by Crippen LogP contribution is 2.25. The number of nitrogens with one attached hydrogen (secondary N) is 2. The molecule has 2 heterocycles. The Kier molecular flexibility index (Phi) is 4.46. The summed E-state index contributed by atoms with van der Waals surface area (Å²) in [7, 11) is 1.32. The van der Waals surface area contributed by atoms with E-state index in [1.165, 1.54) is 25.2 Å². The van der Waals surface area contributed by atoms with E-state index >= 15 is 0 Å². The average Bonchev–Trinajstić information content (AvgIpc) is 3.05. The van der Waals surface area contributed by atoms with Crippen LogP contribution >= 0.6 is 11.8 Å². The van der Waals surface area contributed by atoms with Crippen LogP contribution in [0.1, 0.15) is 39.0 Å². The lowest BCUT2D eigenvalue weighted by molar-refractivity contribution is 0.0599. The van der Waals surface area contributed by atoms with Gasteiger partial charge in [0.05, 0.1) is 23.6 Å². The van der Waals surface area contributed by atoms with Crippen molar-refractivity contribution < 1.29 is 14.3 Å². The Morgan fingerprint density at radius 2 is 2.10 bits per heavy atom. The van der Waals surface area contributed by atoms with Crippen LogP contribution in [0.5, 0.6) is 0 Å². The fourth-order valence-corrected chi connectivity index (χ4v) is 2.85. The van der Waals surface area contributed by atoms with E-state index in [1.54, 1.807) is 20.8 Å². The lowest BCUT2D eigenvalue weighted by Gasteiger charge is -2.07. The van der Waals surface area contributed by atoms with Crippen LogP contribution in [0.15, 0.2) is 11.5 Å². The van der Waals surface area contributed by atoms with Crippen LogP contribution in [-0.2, 0) is 4.74 Å². The van der Waals surface area contributed by atoms with Gasteiger partial charge in [-0.1, -0.05) is 11.8 Å². The molecule has 2 N–H and O–H groups in total. The Morgan fingerprint density at radius 1 is 1.38 bits per heavy atom. The summed E-state index contributed by atoms with van der Waals surface area (Å²) in [5.41, 5.74) is 2.07. The van der Waals surface area contributed by atoms with E-state index in [4.69, 9.17) is 4.74 Å². The van der Waals surface area contributed by atoms with Crippen molar-refractivity contribution in [1.29, 1.82) is 0 Å². The number of aryl methyl sites for hydroxylation is 1. The quantitative estimate of drug-likeness (QED) is 0.497. The summed E-state index contributed by atoms with van der Waals surface area (Å²) < 4.78 is 4.74. The van der Waals surface area contributed by atoms with E-state index < -0.39 is 5.97 Å². The van der Waals surface area contributed by atoms with Crippen LogP contribution in [0.25, 0.3) is 0 Å². The van der Waals surface area contributed by atoms with Crippen molar-refractivity contribution in [1.82, 2.24) is 20.2 Å². The summed E-state index contributed by atoms with van der Waals surface area (Å²) in [6.07, 6.45) is 1.39. The minimum Gasteiger partial charge on any atom is -0.465 e. The number of thioether (sulfide) groups is 1. The number of methoxy groups -OCH3 is 1. The minimum atomic E-state index is -0.448. The smallest absolute Gasteiger partial charge is 0.339 e. The van der Waals surface area contributed by atoms with Crippen molar-refractivity contribution >= 4 is 23.5 Å². The van der Waals surface area contributed by atoms with Crippen LogP contribution in [0, 0.1) is 13.8 Å². The fourth-order valence-electron chi connectivity index (χ4n) is 2.08. The first-order valence-electron chi connectivity index (χ1n) is 6.29. The molecule has 0 aliphatic heterocycles. The summed E-state index contributed by atoms with van der Waals surface area (Å²) in [6.45, 7) is 5.25. The fraction of sp³-hybridized carbons (Fsp3) is 0.385. The van der Waals surface area contributed by atoms with E-state index in [2.05, 4.69) is 20.2 Å². The van der Waals surface area contributed by atoms with Crippen molar-refractivity contribution in [2.45, 2.75) is 31.2 Å². The lowest BCUT2D eigenvalue weighted by atomic mass is 10.1. The molecule has 7 nitrogen and oxygen atoms in total. The molecule has 112 valence electrons. The van der Waals surface area contributed by atoms with Crippen molar-refractivity contribution in [3.63, 3.8) is 0 Å². The topological polar surface area (TPSA) is 101 Å². The molecule has 2 aromatic rings. The van der Waals surface area contributed by atoms with Crippen molar-refractivity contribution in [3.05, 3.63) is 28.8 Å². The van der Waals surface area contributed by atoms with Gasteiger partial charge in [-0.25, -0.2) is 9.78 Å². The molecule has 0 amide bonds. The molecule has 0 aromatic carbocycles. The molecule has 0 spiro atoms. The summed E-state index contributed by atoms with van der Waals surface area (Å²) in [5.74, 6) is -0.553. The highest BCUT2D eigenvalue weighted by atomic mass is 32.2. The maximum Gasteiger partial charge on any atom is 0.339 e. The second-order valence-corrected chi connectivity index (χ2v) is 5.86. The maximum atomic E-state index is 12.5. The van der Waals surface area contributed by atoms with Gasteiger partial charge in [0.2, 0.25) is 0 Å². The van der Waals surface area contributed by atoms with Gasteiger partial charge >= 0.3 is 5.97 Å². The molecule has 2 rings (SSSR count). The van der Waals surface area contributed by atoms with E-state index in [0.29, 0.717) is 27.7 Å². The number of ketones is 1. The van der Waals surface area contributed by atoms with Crippen LogP contribution < -0.4 is 0 Å². The van der Waals surface area contributed by atoms with Gasteiger partial charge < -0.3 is 9.72 Å². The molecular formula is C13H16N4O3S. The van der Waals surface area contributed by atoms with E-state index in [1.807, 2.05) is 0 Å². The molecule has 0 unspecified atom stereocenters. The predicted molar refractivity (Wildman–Crippen MR) is 77.6 cm³/mol. The summed E-state index contributed by atoms with van der Waals surface area (Å²) >= 11 is 1.28. The highest BCUT2D eigenvalue weighted by Gasteiger charge is 2.26. The third kappa shape index (κ3) is 2.99. The van der Waals surface area contributed by atoms with Crippen LogP contribution in [0.3, 0.4) is 0 Å². The third-order valence-electron chi connectivity index (χ3n) is 3.12. The van der Waals surface area contributed by atoms with Gasteiger partial charge in [-0.15, -0.1) is 0 Å². The van der Waals surface area contributed by atoms with Crippen molar-refractivity contribution in [3.8, 4) is 0 Å². The Labute approximate surface area is 125 Å². The third-order valence-corrected chi connectivity index (χ3v) is 4.11. The first kappa shape index (κ1) is 15.3. The molecule has 0 saturated heterocycles. The number of esters is 1. The largest absolute Gasteiger partial charge is 0.465 e. The average molecular weight is 308 g/mol. The molecule has 0 bridgehead atoms. The van der Waals surface area contributed by atoms with E-state index in [9.17, 15) is 9.59 Å². The van der Waals surface area contributed by atoms with Gasteiger partial charge in [-0.2, -0.15) is 5.10 Å². The number of nitrogens with zero attached hydrogens (tertiary/aromatic N) is 2. The van der Waals surface area contributed by atoms with E-state index in [0.717, 1.165) is 0 Å². The lowest BCUT2D eigenvalue weighted by Crippen LogP contribution is -2.15. The van der Waals surface area contributed by atoms with Crippen molar-refractivity contribution in [2.24, 2.45) is 0 Å². The minimum absolute atomic E-state index is 0.104. The molecule has 8 heteroatoms. The number of aromatic nitrogens is 4. The number of ether oxygens (including phenoxy) is 1. The Bertz CT molecular complexity index is 663. The normalized spacial score (nSPS) is 12.2. The number of H-pyrrole nitrogens is 2. The predicted octanol–water partition coefficient (Wildman–Crippen LogP) is 1.90. The molecule has 0 fully saturated rings. The van der Waals surface area contributed by atoms with Gasteiger partial charge in [-0.05, 0) is 26.3 Å². The monoisotopic (exact) mass is 308 g/mol. The molecular weight excluding hydrogens is 292 g/mol. The zero-order valence-electron chi connectivity index (χ0n) is 12.2. The summed E-state index contributed by atoms with van der Waals surface area (Å²) in [4.78, 5) is 31.2. The molecule has 0 aliphatic rings. The number of hydrogen-bond donors (Lipinski definition) is 2. The zero-order chi connectivity index (χ0) is 15.6. The van der Waals surface area contributed by atoms with Crippen LogP contribution in [-0.4, -0.2) is 44.3 Å². The summed E-state index contributed by atoms with van der Waals surface area (Å²) in [5, 5.41) is 6.65. The maximum absolute atomic E-state index is 12.5.